The minimum absolute atomic E-state index is 0.710. The number of aryl methyl sites for hydroxylation is 1. The normalized spacial score (nSPS) is 28.6. The Morgan fingerprint density at radius 1 is 0.786 bits per heavy atom. The van der Waals surface area contributed by atoms with Gasteiger partial charge in [0.25, 0.3) is 0 Å². The smallest absolute Gasteiger partial charge is 0.0827 e. The van der Waals surface area contributed by atoms with Gasteiger partial charge in [-0.15, -0.1) is 0 Å². The average Bonchev–Trinajstić information content (AvgIpc) is 2.75. The summed E-state index contributed by atoms with van der Waals surface area (Å²) < 4.78 is 12.1. The number of hydrogen-bond donors (Lipinski definition) is 0. The highest BCUT2D eigenvalue weighted by atomic mass is 19.1. The summed E-state index contributed by atoms with van der Waals surface area (Å²) >= 11 is 0. The number of hydrogen-bond acceptors (Lipinski definition) is 0. The molecule has 0 atom stereocenters. The van der Waals surface area contributed by atoms with E-state index in [1.54, 1.807) is 11.6 Å². The van der Waals surface area contributed by atoms with Gasteiger partial charge in [0.15, 0.2) is 0 Å². The van der Waals surface area contributed by atoms with E-state index in [9.17, 15) is 4.39 Å². The summed E-state index contributed by atoms with van der Waals surface area (Å²) in [5.74, 6) is 3.60. The Labute approximate surface area is 173 Å². The van der Waals surface area contributed by atoms with Crippen LogP contribution in [0.3, 0.4) is 0 Å². The Hall–Kier alpha value is -1.11. The molecule has 0 N–H and O–H groups in total. The van der Waals surface area contributed by atoms with E-state index in [0.29, 0.717) is 6.33 Å². The third-order valence-electron chi connectivity index (χ3n) is 7.62. The SMILES string of the molecule is CCCc1ccc([C@H]2CC[C@H](CC[C@H]3CC[C@H](CC/C=C/F)CC3)CC2)cc1. The van der Waals surface area contributed by atoms with Crippen molar-refractivity contribution in [2.24, 2.45) is 17.8 Å². The maximum Gasteiger partial charge on any atom is 0.0827 e. The van der Waals surface area contributed by atoms with Crippen molar-refractivity contribution < 1.29 is 4.39 Å². The van der Waals surface area contributed by atoms with Gasteiger partial charge >= 0.3 is 0 Å². The van der Waals surface area contributed by atoms with Crippen LogP contribution in [0.5, 0.6) is 0 Å². The van der Waals surface area contributed by atoms with Gasteiger partial charge in [0.1, 0.15) is 0 Å². The van der Waals surface area contributed by atoms with E-state index < -0.39 is 0 Å². The molecule has 0 amide bonds. The Bertz CT molecular complexity index is 556. The minimum Gasteiger partial charge on any atom is -0.216 e. The van der Waals surface area contributed by atoms with Crippen LogP contribution in [-0.4, -0.2) is 0 Å². The molecule has 0 bridgehead atoms. The van der Waals surface area contributed by atoms with E-state index in [2.05, 4.69) is 31.2 Å². The Kier molecular flexibility index (Phi) is 9.09. The van der Waals surface area contributed by atoms with Crippen molar-refractivity contribution >= 4 is 0 Å². The summed E-state index contributed by atoms with van der Waals surface area (Å²) in [6.45, 7) is 2.26. The van der Waals surface area contributed by atoms with E-state index >= 15 is 0 Å². The molecule has 0 aromatic heterocycles. The summed E-state index contributed by atoms with van der Waals surface area (Å²) in [4.78, 5) is 0. The van der Waals surface area contributed by atoms with Gasteiger partial charge in [0.2, 0.25) is 0 Å². The van der Waals surface area contributed by atoms with Gasteiger partial charge in [-0.2, -0.15) is 0 Å². The highest BCUT2D eigenvalue weighted by molar-refractivity contribution is 5.25. The Morgan fingerprint density at radius 2 is 1.32 bits per heavy atom. The van der Waals surface area contributed by atoms with Crippen molar-refractivity contribution in [1.29, 1.82) is 0 Å². The van der Waals surface area contributed by atoms with Crippen LogP contribution in [0.2, 0.25) is 0 Å². The van der Waals surface area contributed by atoms with E-state index in [1.165, 1.54) is 89.0 Å². The molecule has 2 saturated carbocycles. The fraction of sp³-hybridized carbons (Fsp3) is 0.704. The van der Waals surface area contributed by atoms with Crippen LogP contribution >= 0.6 is 0 Å². The lowest BCUT2D eigenvalue weighted by Crippen LogP contribution is -2.17. The number of halogens is 1. The summed E-state index contributed by atoms with van der Waals surface area (Å²) in [5.41, 5.74) is 3.08. The molecular formula is C27H41F. The van der Waals surface area contributed by atoms with Crippen molar-refractivity contribution in [2.45, 2.75) is 103 Å². The highest BCUT2D eigenvalue weighted by Gasteiger charge is 2.25. The predicted octanol–water partition coefficient (Wildman–Crippen LogP) is 8.76. The highest BCUT2D eigenvalue weighted by Crippen LogP contribution is 2.40. The van der Waals surface area contributed by atoms with Crippen LogP contribution < -0.4 is 0 Å². The predicted molar refractivity (Wildman–Crippen MR) is 119 cm³/mol. The van der Waals surface area contributed by atoms with Gasteiger partial charge in [0, 0.05) is 0 Å². The molecule has 0 radical (unpaired) electrons. The molecule has 3 rings (SSSR count). The molecule has 0 spiro atoms. The largest absolute Gasteiger partial charge is 0.216 e. The first-order valence-corrected chi connectivity index (χ1v) is 12.1. The number of benzene rings is 1. The zero-order valence-corrected chi connectivity index (χ0v) is 18.1. The van der Waals surface area contributed by atoms with Gasteiger partial charge in [0.05, 0.1) is 6.33 Å². The first-order chi connectivity index (χ1) is 13.8. The third-order valence-corrected chi connectivity index (χ3v) is 7.62. The average molecular weight is 385 g/mol. The van der Waals surface area contributed by atoms with Gasteiger partial charge < -0.3 is 0 Å². The molecule has 1 heteroatoms. The zero-order valence-electron chi connectivity index (χ0n) is 18.1. The second-order valence-corrected chi connectivity index (χ2v) is 9.61. The lowest BCUT2D eigenvalue weighted by atomic mass is 9.74. The standard InChI is InChI=1S/C27H41F/c1-2-5-22-13-17-26(18-14-22)27-19-15-25(16-20-27)12-11-24-9-7-23(8-10-24)6-3-4-21-28/h4,13-14,17-18,21,23-25,27H,2-3,5-12,15-16,19-20H2,1H3/b21-4+/t23-,24-,25-,27-. The fourth-order valence-electron chi connectivity index (χ4n) is 5.70. The number of allylic oxidation sites excluding steroid dienone is 1. The molecule has 0 unspecified atom stereocenters. The van der Waals surface area contributed by atoms with Crippen LogP contribution in [0.25, 0.3) is 0 Å². The molecule has 28 heavy (non-hydrogen) atoms. The maximum absolute atomic E-state index is 12.1. The van der Waals surface area contributed by atoms with Crippen molar-refractivity contribution in [3.05, 3.63) is 47.8 Å². The summed E-state index contributed by atoms with van der Waals surface area (Å²) in [6, 6.07) is 9.51. The van der Waals surface area contributed by atoms with Crippen LogP contribution in [0.1, 0.15) is 107 Å². The van der Waals surface area contributed by atoms with E-state index in [0.717, 1.165) is 30.1 Å². The van der Waals surface area contributed by atoms with Crippen LogP contribution in [0.15, 0.2) is 36.7 Å². The topological polar surface area (TPSA) is 0 Å². The van der Waals surface area contributed by atoms with Gasteiger partial charge in [-0.05, 0) is 79.7 Å². The Morgan fingerprint density at radius 3 is 1.86 bits per heavy atom. The van der Waals surface area contributed by atoms with Crippen molar-refractivity contribution in [2.75, 3.05) is 0 Å². The summed E-state index contributed by atoms with van der Waals surface area (Å²) in [6.07, 6.45) is 21.1. The minimum atomic E-state index is 0.710. The summed E-state index contributed by atoms with van der Waals surface area (Å²) in [5, 5.41) is 0. The molecule has 0 nitrogen and oxygen atoms in total. The Balaban J connectivity index is 1.32. The van der Waals surface area contributed by atoms with E-state index in [4.69, 9.17) is 0 Å². The molecule has 0 saturated heterocycles. The lowest BCUT2D eigenvalue weighted by Gasteiger charge is -2.32. The van der Waals surface area contributed by atoms with Crippen LogP contribution in [0.4, 0.5) is 4.39 Å². The van der Waals surface area contributed by atoms with E-state index in [-0.39, 0.29) is 0 Å². The molecule has 1 aromatic carbocycles. The third kappa shape index (κ3) is 6.75. The van der Waals surface area contributed by atoms with E-state index in [1.807, 2.05) is 0 Å². The lowest BCUT2D eigenvalue weighted by molar-refractivity contribution is 0.225. The van der Waals surface area contributed by atoms with Gasteiger partial charge in [-0.3, -0.25) is 0 Å². The second kappa shape index (κ2) is 11.8. The maximum atomic E-state index is 12.1. The quantitative estimate of drug-likeness (QED) is 0.399. The monoisotopic (exact) mass is 384 g/mol. The van der Waals surface area contributed by atoms with Crippen molar-refractivity contribution in [1.82, 2.24) is 0 Å². The first kappa shape index (κ1) is 21.6. The van der Waals surface area contributed by atoms with Gasteiger partial charge in [-0.1, -0.05) is 82.2 Å². The molecular weight excluding hydrogens is 343 g/mol. The molecule has 2 aliphatic rings. The molecule has 1 aromatic rings. The molecule has 0 aliphatic heterocycles. The van der Waals surface area contributed by atoms with Crippen molar-refractivity contribution in [3.63, 3.8) is 0 Å². The van der Waals surface area contributed by atoms with Crippen LogP contribution in [0, 0.1) is 17.8 Å². The van der Waals surface area contributed by atoms with Gasteiger partial charge in [-0.25, -0.2) is 4.39 Å². The van der Waals surface area contributed by atoms with Crippen LogP contribution in [-0.2, 0) is 6.42 Å². The second-order valence-electron chi connectivity index (χ2n) is 9.61. The molecule has 2 aliphatic carbocycles. The summed E-state index contributed by atoms with van der Waals surface area (Å²) in [7, 11) is 0. The molecule has 156 valence electrons. The molecule has 2 fully saturated rings. The molecule has 0 heterocycles. The van der Waals surface area contributed by atoms with Crippen molar-refractivity contribution in [3.8, 4) is 0 Å². The number of rotatable bonds is 9. The first-order valence-electron chi connectivity index (χ1n) is 12.1. The zero-order chi connectivity index (χ0) is 19.6. The fourth-order valence-corrected chi connectivity index (χ4v) is 5.70.